The van der Waals surface area contributed by atoms with Crippen molar-refractivity contribution in [3.8, 4) is 22.6 Å². The second-order valence-corrected chi connectivity index (χ2v) is 8.71. The minimum Gasteiger partial charge on any atom is -0.496 e. The highest BCUT2D eigenvalue weighted by Crippen LogP contribution is 2.43. The van der Waals surface area contributed by atoms with Gasteiger partial charge in [0.1, 0.15) is 18.1 Å². The number of hydrogen-bond acceptors (Lipinski definition) is 3. The van der Waals surface area contributed by atoms with Gasteiger partial charge in [-0.25, -0.2) is 8.78 Å². The zero-order valence-corrected chi connectivity index (χ0v) is 19.0. The van der Waals surface area contributed by atoms with Crippen molar-refractivity contribution in [2.24, 2.45) is 0 Å². The summed E-state index contributed by atoms with van der Waals surface area (Å²) in [6, 6.07) is 14.0. The van der Waals surface area contributed by atoms with Crippen LogP contribution < -0.4 is 14.8 Å². The van der Waals surface area contributed by atoms with Crippen LogP contribution in [0.1, 0.15) is 37.5 Å². The van der Waals surface area contributed by atoms with E-state index in [1.54, 1.807) is 0 Å². The zero-order chi connectivity index (χ0) is 23.0. The van der Waals surface area contributed by atoms with E-state index in [2.05, 4.69) is 32.2 Å². The van der Waals surface area contributed by atoms with Crippen molar-refractivity contribution < 1.29 is 18.3 Å². The smallest absolute Gasteiger partial charge is 0.162 e. The number of ether oxygens (including phenoxy) is 2. The number of halogens is 2. The Bertz CT molecular complexity index is 1210. The van der Waals surface area contributed by atoms with Gasteiger partial charge < -0.3 is 14.8 Å². The van der Waals surface area contributed by atoms with Gasteiger partial charge in [0.05, 0.1) is 12.6 Å². The van der Waals surface area contributed by atoms with E-state index in [9.17, 15) is 8.78 Å². The minimum absolute atomic E-state index is 0.202. The van der Waals surface area contributed by atoms with Crippen LogP contribution in [0.5, 0.6) is 11.5 Å². The second kappa shape index (κ2) is 8.30. The van der Waals surface area contributed by atoms with Gasteiger partial charge in [-0.1, -0.05) is 30.3 Å². The number of hydrogen-bond donors (Lipinski definition) is 1. The number of aryl methyl sites for hydroxylation is 1. The Balaban J connectivity index is 1.91. The van der Waals surface area contributed by atoms with Gasteiger partial charge in [-0.05, 0) is 62.6 Å². The highest BCUT2D eigenvalue weighted by molar-refractivity contribution is 5.88. The molecule has 0 fully saturated rings. The number of benzene rings is 3. The van der Waals surface area contributed by atoms with Crippen molar-refractivity contribution in [2.45, 2.75) is 39.8 Å². The molecule has 1 aliphatic rings. The normalized spacial score (nSPS) is 14.3. The van der Waals surface area contributed by atoms with E-state index in [0.29, 0.717) is 5.56 Å². The first kappa shape index (κ1) is 21.9. The van der Waals surface area contributed by atoms with E-state index in [1.807, 2.05) is 43.3 Å². The number of allylic oxidation sites excluding steroid dienone is 1. The van der Waals surface area contributed by atoms with Crippen molar-refractivity contribution in [3.63, 3.8) is 0 Å². The molecule has 0 aliphatic carbocycles. The molecule has 3 aromatic rings. The summed E-state index contributed by atoms with van der Waals surface area (Å²) in [6.07, 6.45) is 2.17. The van der Waals surface area contributed by atoms with Crippen molar-refractivity contribution in [3.05, 3.63) is 82.9 Å². The summed E-state index contributed by atoms with van der Waals surface area (Å²) >= 11 is 0. The summed E-state index contributed by atoms with van der Waals surface area (Å²) in [7, 11) is 1.45. The number of nitrogens with one attached hydrogen (secondary N) is 1. The third kappa shape index (κ3) is 4.07. The fourth-order valence-electron chi connectivity index (χ4n) is 4.38. The topological polar surface area (TPSA) is 30.5 Å². The first-order chi connectivity index (χ1) is 15.2. The highest BCUT2D eigenvalue weighted by Gasteiger charge is 2.27. The molecule has 0 spiro atoms. The molecule has 1 N–H and O–H groups in total. The molecule has 166 valence electrons. The molecule has 0 atom stereocenters. The Labute approximate surface area is 187 Å². The van der Waals surface area contributed by atoms with Crippen LogP contribution in [0, 0.1) is 18.6 Å². The van der Waals surface area contributed by atoms with E-state index in [4.69, 9.17) is 9.47 Å². The Hall–Kier alpha value is -3.34. The Kier molecular flexibility index (Phi) is 5.68. The standard InChI is InChI=1S/C27H27F2NO2/c1-16-8-6-7-9-24(16)32-15-20-18(19-12-21(28)22(29)13-25(19)31-5)10-11-23-26(20)17(2)14-27(3,4)30-23/h6-14,30H,15H2,1-5H3. The number of methoxy groups -OCH3 is 1. The molecule has 0 bridgehead atoms. The lowest BCUT2D eigenvalue weighted by molar-refractivity contribution is 0.304. The number of anilines is 1. The van der Waals surface area contributed by atoms with Gasteiger partial charge in [0.2, 0.25) is 0 Å². The Morgan fingerprint density at radius 2 is 1.62 bits per heavy atom. The second-order valence-electron chi connectivity index (χ2n) is 8.71. The molecule has 0 aromatic heterocycles. The molecule has 1 heterocycles. The van der Waals surface area contributed by atoms with Crippen LogP contribution >= 0.6 is 0 Å². The third-order valence-electron chi connectivity index (χ3n) is 5.74. The van der Waals surface area contributed by atoms with Crippen LogP contribution in [-0.2, 0) is 6.61 Å². The van der Waals surface area contributed by atoms with E-state index >= 15 is 0 Å². The molecule has 0 unspecified atom stereocenters. The monoisotopic (exact) mass is 435 g/mol. The number of para-hydroxylation sites is 1. The molecule has 0 saturated heterocycles. The molecule has 0 amide bonds. The molecule has 0 radical (unpaired) electrons. The van der Waals surface area contributed by atoms with Gasteiger partial charge in [0.15, 0.2) is 11.6 Å². The maximum Gasteiger partial charge on any atom is 0.162 e. The Morgan fingerprint density at radius 3 is 2.34 bits per heavy atom. The van der Waals surface area contributed by atoms with Crippen LogP contribution in [0.2, 0.25) is 0 Å². The largest absolute Gasteiger partial charge is 0.496 e. The van der Waals surface area contributed by atoms with Crippen molar-refractivity contribution in [1.29, 1.82) is 0 Å². The van der Waals surface area contributed by atoms with Crippen LogP contribution in [0.4, 0.5) is 14.5 Å². The quantitative estimate of drug-likeness (QED) is 0.462. The molecule has 3 aromatic carbocycles. The van der Waals surface area contributed by atoms with E-state index in [1.165, 1.54) is 13.2 Å². The van der Waals surface area contributed by atoms with E-state index < -0.39 is 11.6 Å². The summed E-state index contributed by atoms with van der Waals surface area (Å²) in [6.45, 7) is 8.53. The van der Waals surface area contributed by atoms with Crippen LogP contribution in [0.3, 0.4) is 0 Å². The summed E-state index contributed by atoms with van der Waals surface area (Å²) in [5.41, 5.74) is 5.99. The van der Waals surface area contributed by atoms with Gasteiger partial charge in [-0.3, -0.25) is 0 Å². The first-order valence-corrected chi connectivity index (χ1v) is 10.6. The van der Waals surface area contributed by atoms with Gasteiger partial charge in [-0.2, -0.15) is 0 Å². The van der Waals surface area contributed by atoms with E-state index in [-0.39, 0.29) is 17.9 Å². The summed E-state index contributed by atoms with van der Waals surface area (Å²) < 4.78 is 39.8. The number of rotatable bonds is 5. The average Bonchev–Trinajstić information content (AvgIpc) is 2.73. The lowest BCUT2D eigenvalue weighted by atomic mass is 9.85. The lowest BCUT2D eigenvalue weighted by Gasteiger charge is -2.33. The molecular weight excluding hydrogens is 408 g/mol. The van der Waals surface area contributed by atoms with Crippen molar-refractivity contribution >= 4 is 11.3 Å². The Morgan fingerprint density at radius 1 is 0.906 bits per heavy atom. The summed E-state index contributed by atoms with van der Waals surface area (Å²) in [4.78, 5) is 0. The predicted octanol–water partition coefficient (Wildman–Crippen LogP) is 7.14. The fourth-order valence-corrected chi connectivity index (χ4v) is 4.38. The maximum absolute atomic E-state index is 14.2. The molecule has 1 aliphatic heterocycles. The molecule has 0 saturated carbocycles. The minimum atomic E-state index is -0.944. The first-order valence-electron chi connectivity index (χ1n) is 10.6. The van der Waals surface area contributed by atoms with E-state index in [0.717, 1.165) is 45.3 Å². The molecule has 4 rings (SSSR count). The zero-order valence-electron chi connectivity index (χ0n) is 19.0. The molecule has 3 nitrogen and oxygen atoms in total. The van der Waals surface area contributed by atoms with Crippen LogP contribution in [-0.4, -0.2) is 12.6 Å². The van der Waals surface area contributed by atoms with Gasteiger partial charge in [0.25, 0.3) is 0 Å². The fraction of sp³-hybridized carbons (Fsp3) is 0.259. The summed E-state index contributed by atoms with van der Waals surface area (Å²) in [5.74, 6) is -0.817. The highest BCUT2D eigenvalue weighted by atomic mass is 19.2. The van der Waals surface area contributed by atoms with Crippen LogP contribution in [0.25, 0.3) is 16.7 Å². The van der Waals surface area contributed by atoms with Crippen molar-refractivity contribution in [2.75, 3.05) is 12.4 Å². The van der Waals surface area contributed by atoms with Gasteiger partial charge >= 0.3 is 0 Å². The molecule has 32 heavy (non-hydrogen) atoms. The SMILES string of the molecule is COc1cc(F)c(F)cc1-c1ccc2c(c1COc1ccccc1C)C(C)=CC(C)(C)N2. The maximum atomic E-state index is 14.2. The van der Waals surface area contributed by atoms with Gasteiger partial charge in [-0.15, -0.1) is 0 Å². The lowest BCUT2D eigenvalue weighted by Crippen LogP contribution is -2.32. The molecular formula is C27H27F2NO2. The average molecular weight is 436 g/mol. The summed E-state index contributed by atoms with van der Waals surface area (Å²) in [5, 5.41) is 3.55. The molecule has 5 heteroatoms. The van der Waals surface area contributed by atoms with Crippen molar-refractivity contribution in [1.82, 2.24) is 0 Å². The number of fused-ring (bicyclic) bond motifs is 1. The third-order valence-corrected chi connectivity index (χ3v) is 5.74. The van der Waals surface area contributed by atoms with Crippen LogP contribution in [0.15, 0.2) is 54.6 Å². The predicted molar refractivity (Wildman–Crippen MR) is 125 cm³/mol. The van der Waals surface area contributed by atoms with Gasteiger partial charge in [0, 0.05) is 28.4 Å².